The highest BCUT2D eigenvalue weighted by atomic mass is 16.3. The number of carbonyl (C=O) groups is 2. The maximum Gasteiger partial charge on any atom is 0.254 e. The van der Waals surface area contributed by atoms with Crippen molar-refractivity contribution >= 4 is 22.8 Å². The van der Waals surface area contributed by atoms with Crippen LogP contribution in [-0.4, -0.2) is 62.6 Å². The highest BCUT2D eigenvalue weighted by molar-refractivity contribution is 6.07. The maximum absolute atomic E-state index is 13.4. The summed E-state index contributed by atoms with van der Waals surface area (Å²) in [5, 5.41) is 5.21. The van der Waals surface area contributed by atoms with E-state index in [1.54, 1.807) is 28.0 Å². The minimum Gasteiger partial charge on any atom is -0.463 e. The average molecular weight is 395 g/mol. The number of hydrogen-bond donors (Lipinski definition) is 0. The smallest absolute Gasteiger partial charge is 0.254 e. The summed E-state index contributed by atoms with van der Waals surface area (Å²) in [7, 11) is 1.82. The predicted octanol–water partition coefficient (Wildman–Crippen LogP) is 2.48. The summed E-state index contributed by atoms with van der Waals surface area (Å²) < 4.78 is 7.18. The number of nitrogens with zero attached hydrogens (tertiary/aromatic N) is 5. The fraction of sp³-hybridized carbons (Fsp3) is 0.429. The van der Waals surface area contributed by atoms with Gasteiger partial charge in [-0.1, -0.05) is 13.8 Å². The maximum atomic E-state index is 13.4. The molecule has 0 radical (unpaired) electrons. The molecule has 8 heteroatoms. The molecular weight excluding hydrogens is 370 g/mol. The first-order valence-corrected chi connectivity index (χ1v) is 9.83. The van der Waals surface area contributed by atoms with E-state index in [1.807, 2.05) is 38.8 Å². The Morgan fingerprint density at radius 3 is 2.45 bits per heavy atom. The fourth-order valence-electron chi connectivity index (χ4n) is 3.83. The van der Waals surface area contributed by atoms with Gasteiger partial charge in [0.15, 0.2) is 11.4 Å². The largest absolute Gasteiger partial charge is 0.463 e. The number of pyridine rings is 1. The van der Waals surface area contributed by atoms with E-state index in [4.69, 9.17) is 4.42 Å². The zero-order valence-electron chi connectivity index (χ0n) is 17.2. The number of rotatable bonds is 3. The zero-order valence-corrected chi connectivity index (χ0v) is 17.2. The van der Waals surface area contributed by atoms with Gasteiger partial charge in [0.2, 0.25) is 5.91 Å². The van der Waals surface area contributed by atoms with E-state index in [0.717, 1.165) is 11.1 Å². The van der Waals surface area contributed by atoms with Gasteiger partial charge >= 0.3 is 0 Å². The van der Waals surface area contributed by atoms with Gasteiger partial charge in [-0.05, 0) is 25.1 Å². The van der Waals surface area contributed by atoms with Crippen molar-refractivity contribution in [1.82, 2.24) is 24.6 Å². The van der Waals surface area contributed by atoms with Gasteiger partial charge in [0.05, 0.1) is 22.9 Å². The SMILES string of the molecule is Cc1nn(C)c2nc(-c3ccco3)cc(C(=O)N3CCN(C(=O)C(C)C)CC3)c12. The van der Waals surface area contributed by atoms with Crippen molar-refractivity contribution in [3.8, 4) is 11.5 Å². The summed E-state index contributed by atoms with van der Waals surface area (Å²) in [5.74, 6) is 0.627. The number of furan rings is 1. The van der Waals surface area contributed by atoms with Crippen LogP contribution in [-0.2, 0) is 11.8 Å². The molecule has 0 N–H and O–H groups in total. The van der Waals surface area contributed by atoms with Crippen LogP contribution < -0.4 is 0 Å². The number of aryl methyl sites for hydroxylation is 2. The number of amides is 2. The fourth-order valence-corrected chi connectivity index (χ4v) is 3.83. The molecule has 29 heavy (non-hydrogen) atoms. The second kappa shape index (κ2) is 7.35. The summed E-state index contributed by atoms with van der Waals surface area (Å²) in [6.45, 7) is 7.80. The topological polar surface area (TPSA) is 84.5 Å². The Morgan fingerprint density at radius 1 is 1.14 bits per heavy atom. The molecule has 4 rings (SSSR count). The van der Waals surface area contributed by atoms with Gasteiger partial charge in [0.25, 0.3) is 5.91 Å². The number of aromatic nitrogens is 3. The first kappa shape index (κ1) is 19.2. The Hall–Kier alpha value is -3.16. The molecule has 2 amide bonds. The summed E-state index contributed by atoms with van der Waals surface area (Å²) in [6.07, 6.45) is 1.59. The minimum atomic E-state index is -0.0713. The lowest BCUT2D eigenvalue weighted by Gasteiger charge is -2.35. The summed E-state index contributed by atoms with van der Waals surface area (Å²) in [5.41, 5.74) is 2.57. The average Bonchev–Trinajstić information content (AvgIpc) is 3.35. The minimum absolute atomic E-state index is 0.0361. The second-order valence-corrected chi connectivity index (χ2v) is 7.71. The molecule has 8 nitrogen and oxygen atoms in total. The van der Waals surface area contributed by atoms with Crippen molar-refractivity contribution in [2.45, 2.75) is 20.8 Å². The molecule has 0 bridgehead atoms. The number of fused-ring (bicyclic) bond motifs is 1. The van der Waals surface area contributed by atoms with Crippen LogP contribution in [0.25, 0.3) is 22.5 Å². The molecule has 1 aliphatic rings. The third kappa shape index (κ3) is 3.39. The number of hydrogen-bond acceptors (Lipinski definition) is 5. The quantitative estimate of drug-likeness (QED) is 0.680. The Labute approximate surface area is 169 Å². The van der Waals surface area contributed by atoms with Gasteiger partial charge in [-0.25, -0.2) is 4.98 Å². The lowest BCUT2D eigenvalue weighted by Crippen LogP contribution is -2.51. The van der Waals surface area contributed by atoms with Crippen LogP contribution in [0.1, 0.15) is 29.9 Å². The van der Waals surface area contributed by atoms with Crippen LogP contribution in [0.3, 0.4) is 0 Å². The van der Waals surface area contributed by atoms with Gasteiger partial charge in [0, 0.05) is 39.1 Å². The monoisotopic (exact) mass is 395 g/mol. The van der Waals surface area contributed by atoms with Crippen LogP contribution in [0.4, 0.5) is 0 Å². The van der Waals surface area contributed by atoms with Crippen molar-refractivity contribution in [2.24, 2.45) is 13.0 Å². The third-order valence-electron chi connectivity index (χ3n) is 5.35. The molecule has 1 aliphatic heterocycles. The molecule has 3 aromatic heterocycles. The number of piperazine rings is 1. The lowest BCUT2D eigenvalue weighted by molar-refractivity contribution is -0.135. The van der Waals surface area contributed by atoms with Crippen LogP contribution in [0.15, 0.2) is 28.9 Å². The van der Waals surface area contributed by atoms with Crippen LogP contribution in [0.2, 0.25) is 0 Å². The first-order chi connectivity index (χ1) is 13.9. The van der Waals surface area contributed by atoms with E-state index in [-0.39, 0.29) is 17.7 Å². The van der Waals surface area contributed by atoms with Gasteiger partial charge < -0.3 is 14.2 Å². The molecule has 0 atom stereocenters. The predicted molar refractivity (Wildman–Crippen MR) is 108 cm³/mol. The van der Waals surface area contributed by atoms with Crippen LogP contribution >= 0.6 is 0 Å². The van der Waals surface area contributed by atoms with E-state index in [0.29, 0.717) is 48.8 Å². The molecule has 0 saturated carbocycles. The van der Waals surface area contributed by atoms with Gasteiger partial charge in [-0.15, -0.1) is 0 Å². The Bertz CT molecular complexity index is 1060. The van der Waals surface area contributed by atoms with E-state index in [9.17, 15) is 9.59 Å². The van der Waals surface area contributed by atoms with Crippen molar-refractivity contribution in [3.63, 3.8) is 0 Å². The molecule has 4 heterocycles. The molecule has 1 fully saturated rings. The Kier molecular flexibility index (Phi) is 4.86. The van der Waals surface area contributed by atoms with Gasteiger partial charge in [-0.3, -0.25) is 14.3 Å². The molecule has 3 aromatic rings. The van der Waals surface area contributed by atoms with E-state index in [1.165, 1.54) is 0 Å². The Morgan fingerprint density at radius 2 is 1.83 bits per heavy atom. The number of carbonyl (C=O) groups excluding carboxylic acids is 2. The summed E-state index contributed by atoms with van der Waals surface area (Å²) in [4.78, 5) is 34.0. The van der Waals surface area contributed by atoms with Crippen LogP contribution in [0.5, 0.6) is 0 Å². The summed E-state index contributed by atoms with van der Waals surface area (Å²) >= 11 is 0. The molecule has 0 unspecified atom stereocenters. The van der Waals surface area contributed by atoms with E-state index in [2.05, 4.69) is 10.1 Å². The molecule has 152 valence electrons. The van der Waals surface area contributed by atoms with Crippen molar-refractivity contribution in [1.29, 1.82) is 0 Å². The second-order valence-electron chi connectivity index (χ2n) is 7.71. The highest BCUT2D eigenvalue weighted by Crippen LogP contribution is 2.28. The highest BCUT2D eigenvalue weighted by Gasteiger charge is 2.28. The van der Waals surface area contributed by atoms with Crippen LogP contribution in [0, 0.1) is 12.8 Å². The van der Waals surface area contributed by atoms with E-state index < -0.39 is 0 Å². The van der Waals surface area contributed by atoms with E-state index >= 15 is 0 Å². The zero-order chi connectivity index (χ0) is 20.7. The van der Waals surface area contributed by atoms with Gasteiger partial charge in [-0.2, -0.15) is 5.10 Å². The third-order valence-corrected chi connectivity index (χ3v) is 5.35. The van der Waals surface area contributed by atoms with Crippen molar-refractivity contribution < 1.29 is 14.0 Å². The molecule has 0 aromatic carbocycles. The first-order valence-electron chi connectivity index (χ1n) is 9.83. The van der Waals surface area contributed by atoms with Crippen molar-refractivity contribution in [2.75, 3.05) is 26.2 Å². The normalized spacial score (nSPS) is 14.8. The summed E-state index contributed by atoms with van der Waals surface area (Å²) in [6, 6.07) is 5.40. The molecular formula is C21H25N5O3. The molecule has 0 spiro atoms. The molecule has 1 saturated heterocycles. The van der Waals surface area contributed by atoms with Crippen molar-refractivity contribution in [3.05, 3.63) is 35.7 Å². The standard InChI is InChI=1S/C21H25N5O3/c1-13(2)20(27)25-7-9-26(10-8-25)21(28)15-12-16(17-6-5-11-29-17)22-19-18(15)14(3)23-24(19)4/h5-6,11-13H,7-10H2,1-4H3. The lowest BCUT2D eigenvalue weighted by atomic mass is 10.1. The Balaban J connectivity index is 1.68. The van der Waals surface area contributed by atoms with Gasteiger partial charge in [0.1, 0.15) is 5.69 Å². The molecule has 0 aliphatic carbocycles.